The zero-order chi connectivity index (χ0) is 27.4. The molecule has 0 spiro atoms. The van der Waals surface area contributed by atoms with Gasteiger partial charge in [-0.05, 0) is 49.4 Å². The summed E-state index contributed by atoms with van der Waals surface area (Å²) in [4.78, 5) is 46.8. The molecule has 2 saturated heterocycles. The summed E-state index contributed by atoms with van der Waals surface area (Å²) in [6.45, 7) is 9.61. The van der Waals surface area contributed by atoms with E-state index in [1.54, 1.807) is 11.3 Å². The van der Waals surface area contributed by atoms with E-state index in [-0.39, 0.29) is 36.6 Å². The van der Waals surface area contributed by atoms with Crippen LogP contribution in [-0.4, -0.2) is 70.5 Å². The SMILES string of the molecule is Cc1ncsc1-c1ccc(CNC(=O)[C@@H]2C[C@@H](O)CN2C(=O)[C@@H](NC(=O)C2CCNCC2)C(C)(C)C)cc1. The standard InChI is InChI=1S/C28H39N5O4S/c1-17-23(38-16-31-17)19-7-5-18(6-8-19)14-30-26(36)22-13-21(34)15-33(22)27(37)24(28(2,3)4)32-25(35)20-9-11-29-12-10-20/h5-8,16,20-22,24,29,34H,9-15H2,1-4H3,(H,30,36)(H,32,35)/t21-,22+,24-/m1/s1. The molecule has 206 valence electrons. The van der Waals surface area contributed by atoms with Gasteiger partial charge in [0.2, 0.25) is 17.7 Å². The second-order valence-electron chi connectivity index (χ2n) is 11.4. The molecule has 4 N–H and O–H groups in total. The second kappa shape index (κ2) is 11.9. The Kier molecular flexibility index (Phi) is 8.85. The summed E-state index contributed by atoms with van der Waals surface area (Å²) < 4.78 is 0. The van der Waals surface area contributed by atoms with Gasteiger partial charge in [0.25, 0.3) is 0 Å². The molecule has 2 fully saturated rings. The van der Waals surface area contributed by atoms with Gasteiger partial charge in [-0.1, -0.05) is 45.0 Å². The molecule has 4 rings (SSSR count). The Morgan fingerprint density at radius 2 is 1.84 bits per heavy atom. The number of amides is 3. The zero-order valence-electron chi connectivity index (χ0n) is 22.6. The number of aryl methyl sites for hydroxylation is 1. The normalized spacial score (nSPS) is 21.2. The van der Waals surface area contributed by atoms with Gasteiger partial charge < -0.3 is 26.0 Å². The van der Waals surface area contributed by atoms with Crippen LogP contribution in [-0.2, 0) is 20.9 Å². The largest absolute Gasteiger partial charge is 0.391 e. The first-order valence-electron chi connectivity index (χ1n) is 13.3. The Hall–Kier alpha value is -2.82. The summed E-state index contributed by atoms with van der Waals surface area (Å²) in [6.07, 6.45) is 0.835. The van der Waals surface area contributed by atoms with Gasteiger partial charge >= 0.3 is 0 Å². The average Bonchev–Trinajstić information content (AvgIpc) is 3.50. The van der Waals surface area contributed by atoms with Crippen LogP contribution in [0.5, 0.6) is 0 Å². The van der Waals surface area contributed by atoms with Crippen LogP contribution in [0.2, 0.25) is 0 Å². The lowest BCUT2D eigenvalue weighted by atomic mass is 9.84. The number of β-amino-alcohol motifs (C(OH)–C–C–N with tert-alkyl or cyclic N) is 1. The van der Waals surface area contributed by atoms with E-state index in [0.29, 0.717) is 6.54 Å². The minimum atomic E-state index is -0.798. The van der Waals surface area contributed by atoms with Crippen molar-refractivity contribution in [1.29, 1.82) is 0 Å². The number of benzene rings is 1. The van der Waals surface area contributed by atoms with E-state index >= 15 is 0 Å². The molecule has 10 heteroatoms. The van der Waals surface area contributed by atoms with Crippen molar-refractivity contribution in [1.82, 2.24) is 25.8 Å². The van der Waals surface area contributed by atoms with E-state index < -0.39 is 23.6 Å². The lowest BCUT2D eigenvalue weighted by Gasteiger charge is -2.36. The number of rotatable bonds is 7. The number of piperidine rings is 1. The van der Waals surface area contributed by atoms with Crippen molar-refractivity contribution in [3.8, 4) is 10.4 Å². The van der Waals surface area contributed by atoms with Gasteiger partial charge in [-0.25, -0.2) is 4.98 Å². The lowest BCUT2D eigenvalue weighted by Crippen LogP contribution is -2.58. The summed E-state index contributed by atoms with van der Waals surface area (Å²) in [5.41, 5.74) is 4.26. The predicted molar refractivity (Wildman–Crippen MR) is 147 cm³/mol. The second-order valence-corrected chi connectivity index (χ2v) is 12.3. The molecule has 1 aromatic heterocycles. The molecule has 2 aliphatic heterocycles. The third kappa shape index (κ3) is 6.59. The molecule has 0 unspecified atom stereocenters. The highest BCUT2D eigenvalue weighted by Gasteiger charge is 2.44. The maximum atomic E-state index is 13.7. The summed E-state index contributed by atoms with van der Waals surface area (Å²) in [6, 6.07) is 6.36. The molecule has 1 aromatic carbocycles. The highest BCUT2D eigenvalue weighted by atomic mass is 32.1. The van der Waals surface area contributed by atoms with Crippen molar-refractivity contribution in [3.63, 3.8) is 0 Å². The molecule has 0 saturated carbocycles. The molecule has 2 aliphatic rings. The Labute approximate surface area is 228 Å². The van der Waals surface area contributed by atoms with Gasteiger partial charge in [0, 0.05) is 25.4 Å². The van der Waals surface area contributed by atoms with Gasteiger partial charge in [0.1, 0.15) is 12.1 Å². The maximum absolute atomic E-state index is 13.7. The minimum Gasteiger partial charge on any atom is -0.391 e. The van der Waals surface area contributed by atoms with Crippen molar-refractivity contribution in [2.24, 2.45) is 11.3 Å². The number of hydrogen-bond acceptors (Lipinski definition) is 7. The minimum absolute atomic E-state index is 0.0651. The highest BCUT2D eigenvalue weighted by molar-refractivity contribution is 7.13. The number of nitrogens with zero attached hydrogens (tertiary/aromatic N) is 2. The number of hydrogen-bond donors (Lipinski definition) is 4. The molecule has 2 aromatic rings. The van der Waals surface area contributed by atoms with Crippen molar-refractivity contribution in [3.05, 3.63) is 41.0 Å². The number of aromatic nitrogens is 1. The molecule has 0 radical (unpaired) electrons. The molecule has 3 amide bonds. The maximum Gasteiger partial charge on any atom is 0.246 e. The van der Waals surface area contributed by atoms with Crippen LogP contribution in [0.15, 0.2) is 29.8 Å². The number of thiazole rings is 1. The first kappa shape index (κ1) is 28.2. The number of carbonyl (C=O) groups excluding carboxylic acids is 3. The third-order valence-corrected chi connectivity index (χ3v) is 8.38. The van der Waals surface area contributed by atoms with E-state index in [1.165, 1.54) is 4.90 Å². The Bertz CT molecular complexity index is 1140. The molecule has 38 heavy (non-hydrogen) atoms. The summed E-state index contributed by atoms with van der Waals surface area (Å²) in [7, 11) is 0. The van der Waals surface area contributed by atoms with Crippen LogP contribution in [0, 0.1) is 18.3 Å². The molecular formula is C28H39N5O4S. The van der Waals surface area contributed by atoms with Gasteiger partial charge in [0.15, 0.2) is 0 Å². The summed E-state index contributed by atoms with van der Waals surface area (Å²) in [5.74, 6) is -0.906. The predicted octanol–water partition coefficient (Wildman–Crippen LogP) is 2.23. The fraction of sp³-hybridized carbons (Fsp3) is 0.571. The summed E-state index contributed by atoms with van der Waals surface area (Å²) >= 11 is 1.59. The van der Waals surface area contributed by atoms with Gasteiger partial charge in [-0.15, -0.1) is 11.3 Å². The highest BCUT2D eigenvalue weighted by Crippen LogP contribution is 2.28. The average molecular weight is 542 g/mol. The number of aliphatic hydroxyl groups is 1. The smallest absolute Gasteiger partial charge is 0.246 e. The van der Waals surface area contributed by atoms with Crippen LogP contribution in [0.4, 0.5) is 0 Å². The van der Waals surface area contributed by atoms with E-state index in [0.717, 1.165) is 47.6 Å². The molecule has 0 bridgehead atoms. The van der Waals surface area contributed by atoms with Crippen LogP contribution < -0.4 is 16.0 Å². The summed E-state index contributed by atoms with van der Waals surface area (Å²) in [5, 5.41) is 19.6. The van der Waals surface area contributed by atoms with Crippen molar-refractivity contribution < 1.29 is 19.5 Å². The van der Waals surface area contributed by atoms with Crippen molar-refractivity contribution in [2.75, 3.05) is 19.6 Å². The lowest BCUT2D eigenvalue weighted by molar-refractivity contribution is -0.144. The molecule has 0 aliphatic carbocycles. The van der Waals surface area contributed by atoms with Gasteiger partial charge in [-0.2, -0.15) is 0 Å². The topological polar surface area (TPSA) is 124 Å². The van der Waals surface area contributed by atoms with Gasteiger partial charge in [-0.3, -0.25) is 14.4 Å². The van der Waals surface area contributed by atoms with E-state index in [4.69, 9.17) is 0 Å². The van der Waals surface area contributed by atoms with Crippen LogP contribution in [0.1, 0.15) is 51.3 Å². The van der Waals surface area contributed by atoms with Crippen molar-refractivity contribution >= 4 is 29.1 Å². The first-order valence-corrected chi connectivity index (χ1v) is 14.2. The molecular weight excluding hydrogens is 502 g/mol. The molecule has 3 heterocycles. The van der Waals surface area contributed by atoms with Crippen LogP contribution >= 0.6 is 11.3 Å². The number of nitrogens with one attached hydrogen (secondary N) is 3. The Morgan fingerprint density at radius 3 is 2.45 bits per heavy atom. The van der Waals surface area contributed by atoms with Gasteiger partial charge in [0.05, 0.1) is 22.2 Å². The monoisotopic (exact) mass is 541 g/mol. The van der Waals surface area contributed by atoms with Crippen LogP contribution in [0.3, 0.4) is 0 Å². The molecule has 9 nitrogen and oxygen atoms in total. The van der Waals surface area contributed by atoms with E-state index in [2.05, 4.69) is 20.9 Å². The first-order chi connectivity index (χ1) is 18.0. The fourth-order valence-electron chi connectivity index (χ4n) is 5.12. The third-order valence-electron chi connectivity index (χ3n) is 7.40. The van der Waals surface area contributed by atoms with Crippen LogP contribution in [0.25, 0.3) is 10.4 Å². The number of carbonyl (C=O) groups is 3. The van der Waals surface area contributed by atoms with Crippen molar-refractivity contribution in [2.45, 2.75) is 71.7 Å². The zero-order valence-corrected chi connectivity index (χ0v) is 23.4. The van der Waals surface area contributed by atoms with E-state index in [9.17, 15) is 19.5 Å². The molecule has 3 atom stereocenters. The fourth-order valence-corrected chi connectivity index (χ4v) is 5.94. The number of aliphatic hydroxyl groups excluding tert-OH is 1. The Morgan fingerprint density at radius 1 is 1.16 bits per heavy atom. The Balaban J connectivity index is 1.41. The van der Waals surface area contributed by atoms with E-state index in [1.807, 2.05) is 57.5 Å². The quantitative estimate of drug-likeness (QED) is 0.426. The number of likely N-dealkylation sites (tertiary alicyclic amines) is 1.